The highest BCUT2D eigenvalue weighted by Crippen LogP contribution is 2.32. The smallest absolute Gasteiger partial charge is 0.388 e. The minimum atomic E-state index is -4.54. The van der Waals surface area contributed by atoms with Gasteiger partial charge in [0.25, 0.3) is 5.91 Å². The summed E-state index contributed by atoms with van der Waals surface area (Å²) in [5, 5.41) is 3.38. The Labute approximate surface area is 252 Å². The molecule has 0 spiro atoms. The summed E-state index contributed by atoms with van der Waals surface area (Å²) in [6.07, 6.45) is -3.57. The lowest BCUT2D eigenvalue weighted by molar-refractivity contribution is -0.137. The zero-order valence-electron chi connectivity index (χ0n) is 22.9. The van der Waals surface area contributed by atoms with Crippen LogP contribution in [0.3, 0.4) is 0 Å². The van der Waals surface area contributed by atoms with Crippen LogP contribution in [-0.2, 0) is 17.3 Å². The molecule has 3 atom stereocenters. The van der Waals surface area contributed by atoms with Gasteiger partial charge in [0.05, 0.1) is 17.8 Å². The lowest BCUT2D eigenvalue weighted by atomic mass is 10.00. The summed E-state index contributed by atoms with van der Waals surface area (Å²) in [5.41, 5.74) is 0.476. The molecule has 0 aromatic heterocycles. The van der Waals surface area contributed by atoms with Crippen molar-refractivity contribution in [2.24, 2.45) is 0 Å². The van der Waals surface area contributed by atoms with E-state index in [1.54, 1.807) is 11.9 Å². The van der Waals surface area contributed by atoms with Gasteiger partial charge in [-0.3, -0.25) is 14.6 Å². The van der Waals surface area contributed by atoms with Crippen molar-refractivity contribution in [3.63, 3.8) is 0 Å². The first-order chi connectivity index (χ1) is 18.0. The monoisotopic (exact) mass is 624 g/mol. The Morgan fingerprint density at radius 2 is 1.60 bits per heavy atom. The second-order valence-electron chi connectivity index (χ2n) is 10.3. The van der Waals surface area contributed by atoms with Crippen molar-refractivity contribution < 1.29 is 22.7 Å². The summed E-state index contributed by atoms with van der Waals surface area (Å²) in [6, 6.07) is 10.8. The van der Waals surface area contributed by atoms with E-state index in [1.807, 2.05) is 24.3 Å². The molecular formula is C28H38Cl3F3N4O2. The first-order valence-electron chi connectivity index (χ1n) is 13.1. The number of nitrogens with zero attached hydrogens (tertiary/aromatic N) is 3. The van der Waals surface area contributed by atoms with Gasteiger partial charge in [-0.15, -0.1) is 24.8 Å². The number of rotatable bonds is 7. The van der Waals surface area contributed by atoms with Crippen LogP contribution in [0.5, 0.6) is 0 Å². The van der Waals surface area contributed by atoms with Gasteiger partial charge in [-0.05, 0) is 56.2 Å². The molecule has 2 saturated heterocycles. The molecular weight excluding hydrogens is 588 g/mol. The third-order valence-corrected chi connectivity index (χ3v) is 7.49. The number of ether oxygens (including phenoxy) is 1. The maximum absolute atomic E-state index is 13.7. The van der Waals surface area contributed by atoms with Gasteiger partial charge in [-0.2, -0.15) is 13.2 Å². The van der Waals surface area contributed by atoms with Crippen LogP contribution in [0.15, 0.2) is 42.5 Å². The fraction of sp³-hybridized carbons (Fsp3) is 0.536. The molecule has 1 N–H and O–H groups in total. The van der Waals surface area contributed by atoms with Crippen LogP contribution in [0.4, 0.5) is 18.9 Å². The highest BCUT2D eigenvalue weighted by Gasteiger charge is 2.35. The Kier molecular flexibility index (Phi) is 12.9. The fourth-order valence-electron chi connectivity index (χ4n) is 5.43. The molecule has 2 aliphatic rings. The number of halogens is 6. The Bertz CT molecular complexity index is 1100. The standard InChI is InChI=1S/C28H36ClF3N4O2.2ClH/c1-19-16-35(17-20(2)38-19)9-8-34-10-11-36(26(18-34)12-21-4-6-24(29)7-5-21)27(37)22-13-23(28(30,31)32)15-25(14-22)33-3;;/h4-7,13-15,19-20,26,33H,8-12,16-18H2,1-3H3;2*1H/t19-,20+,26?;;. The summed E-state index contributed by atoms with van der Waals surface area (Å²) in [5.74, 6) is -0.387. The molecule has 0 saturated carbocycles. The van der Waals surface area contributed by atoms with Gasteiger partial charge < -0.3 is 15.0 Å². The van der Waals surface area contributed by atoms with Gasteiger partial charge in [-0.1, -0.05) is 23.7 Å². The number of hydrogen-bond donors (Lipinski definition) is 1. The summed E-state index contributed by atoms with van der Waals surface area (Å²) in [4.78, 5) is 20.1. The molecule has 2 heterocycles. The van der Waals surface area contributed by atoms with E-state index in [0.717, 1.165) is 43.9 Å². The maximum Gasteiger partial charge on any atom is 0.416 e. The van der Waals surface area contributed by atoms with Crippen LogP contribution in [-0.4, -0.2) is 91.7 Å². The SMILES string of the molecule is CNc1cc(C(=O)N2CCN(CCN3C[C@@H](C)O[C@@H](C)C3)CC2Cc2ccc(Cl)cc2)cc(C(F)(F)F)c1.Cl.Cl. The number of morpholine rings is 1. The zero-order valence-corrected chi connectivity index (χ0v) is 25.3. The zero-order chi connectivity index (χ0) is 27.4. The van der Waals surface area contributed by atoms with Crippen LogP contribution in [0.2, 0.25) is 5.02 Å². The number of amides is 1. The van der Waals surface area contributed by atoms with Crippen molar-refractivity contribution in [3.8, 4) is 0 Å². The number of alkyl halides is 3. The predicted octanol–water partition coefficient (Wildman–Crippen LogP) is 5.72. The first kappa shape index (κ1) is 34.5. The van der Waals surface area contributed by atoms with Gasteiger partial charge in [-0.25, -0.2) is 0 Å². The third-order valence-electron chi connectivity index (χ3n) is 7.24. The highest BCUT2D eigenvalue weighted by atomic mass is 35.5. The third kappa shape index (κ3) is 9.13. The van der Waals surface area contributed by atoms with Crippen molar-refractivity contribution in [3.05, 3.63) is 64.2 Å². The molecule has 1 amide bonds. The van der Waals surface area contributed by atoms with Crippen molar-refractivity contribution in [1.82, 2.24) is 14.7 Å². The summed E-state index contributed by atoms with van der Waals surface area (Å²) in [6.45, 7) is 9.45. The average Bonchev–Trinajstić information content (AvgIpc) is 2.87. The predicted molar refractivity (Wildman–Crippen MR) is 158 cm³/mol. The molecule has 2 aromatic rings. The van der Waals surface area contributed by atoms with Gasteiger partial charge in [0, 0.05) is 75.2 Å². The lowest BCUT2D eigenvalue weighted by Gasteiger charge is -2.43. The molecule has 40 heavy (non-hydrogen) atoms. The molecule has 4 rings (SSSR count). The van der Waals surface area contributed by atoms with Gasteiger partial charge in [0.15, 0.2) is 0 Å². The van der Waals surface area contributed by atoms with E-state index in [2.05, 4.69) is 29.0 Å². The Morgan fingerprint density at radius 1 is 0.975 bits per heavy atom. The Balaban J connectivity index is 0.00000280. The second-order valence-corrected chi connectivity index (χ2v) is 10.8. The van der Waals surface area contributed by atoms with Crippen molar-refractivity contribution in [2.45, 2.75) is 44.7 Å². The molecule has 6 nitrogen and oxygen atoms in total. The van der Waals surface area contributed by atoms with Crippen molar-refractivity contribution in [1.29, 1.82) is 0 Å². The summed E-state index contributed by atoms with van der Waals surface area (Å²) < 4.78 is 46.5. The Morgan fingerprint density at radius 3 is 2.20 bits per heavy atom. The number of nitrogens with one attached hydrogen (secondary N) is 1. The normalized spacial score (nSPS) is 22.3. The van der Waals surface area contributed by atoms with Crippen LogP contribution >= 0.6 is 36.4 Å². The first-order valence-corrected chi connectivity index (χ1v) is 13.4. The minimum Gasteiger partial charge on any atom is -0.388 e. The molecule has 0 aliphatic carbocycles. The molecule has 2 aliphatic heterocycles. The lowest BCUT2D eigenvalue weighted by Crippen LogP contribution is -2.57. The van der Waals surface area contributed by atoms with E-state index >= 15 is 0 Å². The summed E-state index contributed by atoms with van der Waals surface area (Å²) in [7, 11) is 1.54. The topological polar surface area (TPSA) is 48.1 Å². The largest absolute Gasteiger partial charge is 0.416 e. The van der Waals surface area contributed by atoms with Crippen molar-refractivity contribution in [2.75, 3.05) is 58.2 Å². The van der Waals surface area contributed by atoms with Gasteiger partial charge >= 0.3 is 6.18 Å². The molecule has 2 aromatic carbocycles. The van der Waals surface area contributed by atoms with E-state index in [-0.39, 0.29) is 60.2 Å². The molecule has 224 valence electrons. The molecule has 0 bridgehead atoms. The van der Waals surface area contributed by atoms with E-state index in [0.29, 0.717) is 31.1 Å². The number of carbonyl (C=O) groups excluding carboxylic acids is 1. The van der Waals surface area contributed by atoms with Crippen LogP contribution in [0.25, 0.3) is 0 Å². The van der Waals surface area contributed by atoms with Crippen LogP contribution in [0.1, 0.15) is 35.3 Å². The average molecular weight is 626 g/mol. The van der Waals surface area contributed by atoms with Crippen molar-refractivity contribution >= 4 is 48.0 Å². The van der Waals surface area contributed by atoms with E-state index in [1.165, 1.54) is 6.07 Å². The minimum absolute atomic E-state index is 0. The summed E-state index contributed by atoms with van der Waals surface area (Å²) >= 11 is 6.07. The number of benzene rings is 2. The van der Waals surface area contributed by atoms with E-state index in [4.69, 9.17) is 16.3 Å². The molecule has 2 fully saturated rings. The van der Waals surface area contributed by atoms with Gasteiger partial charge in [0.1, 0.15) is 0 Å². The molecule has 1 unspecified atom stereocenters. The number of hydrogen-bond acceptors (Lipinski definition) is 5. The number of carbonyl (C=O) groups is 1. The molecule has 12 heteroatoms. The fourth-order valence-corrected chi connectivity index (χ4v) is 5.56. The maximum atomic E-state index is 13.7. The highest BCUT2D eigenvalue weighted by molar-refractivity contribution is 6.30. The quantitative estimate of drug-likeness (QED) is 0.427. The van der Waals surface area contributed by atoms with Crippen LogP contribution in [0, 0.1) is 0 Å². The van der Waals surface area contributed by atoms with E-state index in [9.17, 15) is 18.0 Å². The molecule has 0 radical (unpaired) electrons. The Hall–Kier alpha value is -1.75. The second kappa shape index (κ2) is 14.9. The van der Waals surface area contributed by atoms with Crippen LogP contribution < -0.4 is 5.32 Å². The number of piperazine rings is 1. The van der Waals surface area contributed by atoms with E-state index < -0.39 is 11.7 Å². The van der Waals surface area contributed by atoms with Gasteiger partial charge in [0.2, 0.25) is 0 Å². The number of anilines is 1.